The number of rotatable bonds is 5. The molecule has 0 aliphatic carbocycles. The fourth-order valence-electron chi connectivity index (χ4n) is 3.47. The highest BCUT2D eigenvalue weighted by molar-refractivity contribution is 5.78. The fourth-order valence-corrected chi connectivity index (χ4v) is 3.47. The first-order valence-corrected chi connectivity index (χ1v) is 8.45. The van der Waals surface area contributed by atoms with Gasteiger partial charge in [0.25, 0.3) is 0 Å². The average Bonchev–Trinajstić information content (AvgIpc) is 3.05. The van der Waals surface area contributed by atoms with Gasteiger partial charge in [-0.15, -0.1) is 0 Å². The van der Waals surface area contributed by atoms with E-state index < -0.39 is 0 Å². The zero-order chi connectivity index (χ0) is 15.2. The lowest BCUT2D eigenvalue weighted by atomic mass is 9.99. The molecule has 0 bridgehead atoms. The first-order chi connectivity index (χ1) is 10.8. The Kier molecular flexibility index (Phi) is 5.46. The minimum absolute atomic E-state index is 0.157. The Bertz CT molecular complexity index is 471. The van der Waals surface area contributed by atoms with Gasteiger partial charge in [-0.1, -0.05) is 30.3 Å². The Morgan fingerprint density at radius 3 is 2.73 bits per heavy atom. The SMILES string of the molecule is O=C(NCCN1CCC(c2ccccc2)C1)C1CCOCC1. The molecule has 2 fully saturated rings. The highest BCUT2D eigenvalue weighted by atomic mass is 16.5. The minimum Gasteiger partial charge on any atom is -0.381 e. The topological polar surface area (TPSA) is 41.6 Å². The number of hydrogen-bond donors (Lipinski definition) is 1. The minimum atomic E-state index is 0.157. The lowest BCUT2D eigenvalue weighted by molar-refractivity contribution is -0.127. The smallest absolute Gasteiger partial charge is 0.223 e. The summed E-state index contributed by atoms with van der Waals surface area (Å²) in [4.78, 5) is 14.5. The van der Waals surface area contributed by atoms with Crippen LogP contribution in [0.3, 0.4) is 0 Å². The maximum Gasteiger partial charge on any atom is 0.223 e. The Hall–Kier alpha value is -1.39. The van der Waals surface area contributed by atoms with Crippen molar-refractivity contribution >= 4 is 5.91 Å². The van der Waals surface area contributed by atoms with E-state index in [1.54, 1.807) is 0 Å². The second kappa shape index (κ2) is 7.75. The molecule has 1 atom stereocenters. The number of amides is 1. The summed E-state index contributed by atoms with van der Waals surface area (Å²) in [5.74, 6) is 1.01. The molecule has 4 heteroatoms. The van der Waals surface area contributed by atoms with Gasteiger partial charge in [0, 0.05) is 38.8 Å². The van der Waals surface area contributed by atoms with Gasteiger partial charge < -0.3 is 15.0 Å². The van der Waals surface area contributed by atoms with Crippen molar-refractivity contribution in [2.45, 2.75) is 25.2 Å². The quantitative estimate of drug-likeness (QED) is 0.905. The number of nitrogens with zero attached hydrogens (tertiary/aromatic N) is 1. The van der Waals surface area contributed by atoms with Crippen LogP contribution in [0.15, 0.2) is 30.3 Å². The van der Waals surface area contributed by atoms with Crippen molar-refractivity contribution in [2.75, 3.05) is 39.4 Å². The molecule has 0 aromatic heterocycles. The van der Waals surface area contributed by atoms with Gasteiger partial charge in [0.2, 0.25) is 5.91 Å². The van der Waals surface area contributed by atoms with Crippen LogP contribution in [0.2, 0.25) is 0 Å². The first-order valence-electron chi connectivity index (χ1n) is 8.45. The van der Waals surface area contributed by atoms with Crippen molar-refractivity contribution in [1.82, 2.24) is 10.2 Å². The summed E-state index contributed by atoms with van der Waals surface area (Å²) in [7, 11) is 0. The van der Waals surface area contributed by atoms with Crippen LogP contribution in [0.1, 0.15) is 30.7 Å². The zero-order valence-corrected chi connectivity index (χ0v) is 13.2. The van der Waals surface area contributed by atoms with E-state index >= 15 is 0 Å². The van der Waals surface area contributed by atoms with Gasteiger partial charge in [0.1, 0.15) is 0 Å². The monoisotopic (exact) mass is 302 g/mol. The van der Waals surface area contributed by atoms with Crippen LogP contribution in [-0.2, 0) is 9.53 Å². The summed E-state index contributed by atoms with van der Waals surface area (Å²) < 4.78 is 5.30. The van der Waals surface area contributed by atoms with E-state index in [1.165, 1.54) is 12.0 Å². The van der Waals surface area contributed by atoms with Gasteiger partial charge >= 0.3 is 0 Å². The number of nitrogens with one attached hydrogen (secondary N) is 1. The molecule has 2 heterocycles. The first kappa shape index (κ1) is 15.5. The maximum atomic E-state index is 12.1. The summed E-state index contributed by atoms with van der Waals surface area (Å²) >= 11 is 0. The third-order valence-electron chi connectivity index (χ3n) is 4.86. The normalized spacial score (nSPS) is 23.5. The van der Waals surface area contributed by atoms with Crippen LogP contribution in [0, 0.1) is 5.92 Å². The standard InChI is InChI=1S/C18H26N2O2/c21-18(16-7-12-22-13-8-16)19-9-11-20-10-6-17(14-20)15-4-2-1-3-5-15/h1-5,16-17H,6-14H2,(H,19,21). The summed E-state index contributed by atoms with van der Waals surface area (Å²) in [5.41, 5.74) is 1.44. The third-order valence-corrected chi connectivity index (χ3v) is 4.86. The lowest BCUT2D eigenvalue weighted by Gasteiger charge is -2.22. The molecule has 2 aliphatic rings. The second-order valence-electron chi connectivity index (χ2n) is 6.37. The lowest BCUT2D eigenvalue weighted by Crippen LogP contribution is -2.38. The molecule has 0 saturated carbocycles. The summed E-state index contributed by atoms with van der Waals surface area (Å²) in [5, 5.41) is 3.10. The van der Waals surface area contributed by atoms with Crippen molar-refractivity contribution in [2.24, 2.45) is 5.92 Å². The van der Waals surface area contributed by atoms with Gasteiger partial charge in [0.05, 0.1) is 0 Å². The van der Waals surface area contributed by atoms with Crippen molar-refractivity contribution in [1.29, 1.82) is 0 Å². The van der Waals surface area contributed by atoms with Crippen LogP contribution >= 0.6 is 0 Å². The summed E-state index contributed by atoms with van der Waals surface area (Å²) in [6, 6.07) is 10.8. The van der Waals surface area contributed by atoms with Gasteiger partial charge in [-0.25, -0.2) is 0 Å². The van der Waals surface area contributed by atoms with Crippen molar-refractivity contribution < 1.29 is 9.53 Å². The van der Waals surface area contributed by atoms with E-state index in [0.717, 1.165) is 52.2 Å². The molecule has 120 valence electrons. The number of carbonyl (C=O) groups is 1. The van der Waals surface area contributed by atoms with E-state index in [9.17, 15) is 4.79 Å². The summed E-state index contributed by atoms with van der Waals surface area (Å²) in [6.07, 6.45) is 2.95. The van der Waals surface area contributed by atoms with Crippen LogP contribution in [0.4, 0.5) is 0 Å². The maximum absolute atomic E-state index is 12.1. The number of ether oxygens (including phenoxy) is 1. The Morgan fingerprint density at radius 1 is 1.18 bits per heavy atom. The highest BCUT2D eigenvalue weighted by Gasteiger charge is 2.24. The molecule has 0 radical (unpaired) electrons. The molecular weight excluding hydrogens is 276 g/mol. The molecule has 0 spiro atoms. The zero-order valence-electron chi connectivity index (χ0n) is 13.2. The molecule has 3 rings (SSSR count). The number of likely N-dealkylation sites (tertiary alicyclic amines) is 1. The highest BCUT2D eigenvalue weighted by Crippen LogP contribution is 2.26. The fraction of sp³-hybridized carbons (Fsp3) is 0.611. The van der Waals surface area contributed by atoms with Gasteiger partial charge in [0.15, 0.2) is 0 Å². The third kappa shape index (κ3) is 4.08. The van der Waals surface area contributed by atoms with Crippen LogP contribution < -0.4 is 5.32 Å². The second-order valence-corrected chi connectivity index (χ2v) is 6.37. The molecule has 2 saturated heterocycles. The molecule has 2 aliphatic heterocycles. The molecule has 1 aromatic carbocycles. The Balaban J connectivity index is 1.37. The van der Waals surface area contributed by atoms with Crippen LogP contribution in [0.5, 0.6) is 0 Å². The number of hydrogen-bond acceptors (Lipinski definition) is 3. The largest absolute Gasteiger partial charge is 0.381 e. The molecule has 22 heavy (non-hydrogen) atoms. The summed E-state index contributed by atoms with van der Waals surface area (Å²) in [6.45, 7) is 5.41. The predicted molar refractivity (Wildman–Crippen MR) is 86.8 cm³/mol. The molecule has 1 N–H and O–H groups in total. The van der Waals surface area contributed by atoms with Crippen molar-refractivity contribution in [3.05, 3.63) is 35.9 Å². The Morgan fingerprint density at radius 2 is 1.95 bits per heavy atom. The molecule has 1 aromatic rings. The van der Waals surface area contributed by atoms with Crippen molar-refractivity contribution in [3.63, 3.8) is 0 Å². The van der Waals surface area contributed by atoms with Gasteiger partial charge in [-0.3, -0.25) is 4.79 Å². The molecule has 4 nitrogen and oxygen atoms in total. The van der Waals surface area contributed by atoms with Gasteiger partial charge in [-0.2, -0.15) is 0 Å². The van der Waals surface area contributed by atoms with E-state index in [-0.39, 0.29) is 11.8 Å². The van der Waals surface area contributed by atoms with Crippen molar-refractivity contribution in [3.8, 4) is 0 Å². The Labute approximate surface area is 132 Å². The van der Waals surface area contributed by atoms with E-state index in [0.29, 0.717) is 5.92 Å². The predicted octanol–water partition coefficient (Wildman–Crippen LogP) is 2.02. The number of benzene rings is 1. The van der Waals surface area contributed by atoms with E-state index in [4.69, 9.17) is 4.74 Å². The molecular formula is C18H26N2O2. The van der Waals surface area contributed by atoms with Crippen LogP contribution in [-0.4, -0.2) is 50.2 Å². The molecule has 1 unspecified atom stereocenters. The van der Waals surface area contributed by atoms with E-state index in [1.807, 2.05) is 0 Å². The molecule has 1 amide bonds. The van der Waals surface area contributed by atoms with E-state index in [2.05, 4.69) is 40.5 Å². The van der Waals surface area contributed by atoms with Gasteiger partial charge in [-0.05, 0) is 37.3 Å². The number of carbonyl (C=O) groups excluding carboxylic acids is 1. The average molecular weight is 302 g/mol. The van der Waals surface area contributed by atoms with Crippen LogP contribution in [0.25, 0.3) is 0 Å².